The molecule has 7 heteroatoms. The van der Waals surface area contributed by atoms with E-state index in [1.807, 2.05) is 33.8 Å². The fourth-order valence-electron chi connectivity index (χ4n) is 4.63. The van der Waals surface area contributed by atoms with E-state index in [9.17, 15) is 19.5 Å². The molecule has 0 fully saturated rings. The Bertz CT molecular complexity index is 1010. The normalized spacial score (nSPS) is 15.5. The third-order valence-electron chi connectivity index (χ3n) is 6.26. The molecule has 2 aromatic rings. The zero-order valence-corrected chi connectivity index (χ0v) is 20.1. The standard InChI is InChI=1S/C24H35N2O4P/c1-6-15-12-13-25-22(16(15)7-2)26-23(31(28,29)30)19-14-20(24(3,4)5)21(27)18-11-9-8-10-17(18)19/h12-14,23,27H,6-11H2,1-5H3,(H,25,26)(H2,28,29,30). The fraction of sp³-hybridized carbons (Fsp3) is 0.542. The van der Waals surface area contributed by atoms with E-state index in [1.54, 1.807) is 12.3 Å². The number of benzene rings is 1. The van der Waals surface area contributed by atoms with Crippen molar-refractivity contribution >= 4 is 13.4 Å². The van der Waals surface area contributed by atoms with E-state index >= 15 is 0 Å². The smallest absolute Gasteiger partial charge is 0.352 e. The van der Waals surface area contributed by atoms with Crippen LogP contribution in [0.3, 0.4) is 0 Å². The highest BCUT2D eigenvalue weighted by molar-refractivity contribution is 7.52. The monoisotopic (exact) mass is 446 g/mol. The average Bonchev–Trinajstić information content (AvgIpc) is 2.70. The Morgan fingerprint density at radius 3 is 2.32 bits per heavy atom. The van der Waals surface area contributed by atoms with E-state index in [4.69, 9.17) is 0 Å². The number of nitrogens with one attached hydrogen (secondary N) is 1. The van der Waals surface area contributed by atoms with Gasteiger partial charge in [0.25, 0.3) is 0 Å². The number of pyridine rings is 1. The Hall–Kier alpha value is -1.88. The second-order valence-electron chi connectivity index (χ2n) is 9.42. The van der Waals surface area contributed by atoms with Crippen LogP contribution in [0.15, 0.2) is 18.3 Å². The van der Waals surface area contributed by atoms with Gasteiger partial charge >= 0.3 is 7.60 Å². The zero-order valence-electron chi connectivity index (χ0n) is 19.2. The van der Waals surface area contributed by atoms with Gasteiger partial charge in [-0.05, 0) is 89.5 Å². The van der Waals surface area contributed by atoms with Crippen LogP contribution < -0.4 is 5.32 Å². The minimum atomic E-state index is -4.58. The van der Waals surface area contributed by atoms with Gasteiger partial charge < -0.3 is 20.2 Å². The highest BCUT2D eigenvalue weighted by atomic mass is 31.2. The van der Waals surface area contributed by atoms with E-state index in [0.717, 1.165) is 53.5 Å². The number of anilines is 1. The lowest BCUT2D eigenvalue weighted by Crippen LogP contribution is -2.21. The fourth-order valence-corrected chi connectivity index (χ4v) is 5.51. The molecule has 0 amide bonds. The highest BCUT2D eigenvalue weighted by Gasteiger charge is 2.37. The lowest BCUT2D eigenvalue weighted by atomic mass is 9.78. The van der Waals surface area contributed by atoms with Crippen LogP contribution in [-0.4, -0.2) is 19.9 Å². The van der Waals surface area contributed by atoms with Crippen LogP contribution in [0.4, 0.5) is 5.82 Å². The number of hydrogen-bond donors (Lipinski definition) is 4. The van der Waals surface area contributed by atoms with E-state index in [1.165, 1.54) is 0 Å². The summed E-state index contributed by atoms with van der Waals surface area (Å²) < 4.78 is 12.8. The number of aryl methyl sites for hydroxylation is 1. The number of fused-ring (bicyclic) bond motifs is 1. The van der Waals surface area contributed by atoms with Crippen molar-refractivity contribution in [1.82, 2.24) is 4.98 Å². The Balaban J connectivity index is 2.23. The van der Waals surface area contributed by atoms with Crippen molar-refractivity contribution in [3.8, 4) is 5.75 Å². The molecular weight excluding hydrogens is 411 g/mol. The van der Waals surface area contributed by atoms with Crippen LogP contribution in [-0.2, 0) is 35.7 Å². The first-order chi connectivity index (χ1) is 14.5. The molecular formula is C24H35N2O4P. The first-order valence-electron chi connectivity index (χ1n) is 11.2. The molecule has 0 saturated heterocycles. The van der Waals surface area contributed by atoms with Crippen LogP contribution in [0.5, 0.6) is 5.75 Å². The topological polar surface area (TPSA) is 103 Å². The molecule has 0 aliphatic heterocycles. The Kier molecular flexibility index (Phi) is 6.85. The van der Waals surface area contributed by atoms with Gasteiger partial charge in [-0.1, -0.05) is 34.6 Å². The molecule has 6 nitrogen and oxygen atoms in total. The molecule has 0 bridgehead atoms. The third kappa shape index (κ3) is 4.82. The summed E-state index contributed by atoms with van der Waals surface area (Å²) in [5, 5.41) is 14.1. The zero-order chi connectivity index (χ0) is 23.0. The third-order valence-corrected chi connectivity index (χ3v) is 7.34. The molecule has 1 aromatic carbocycles. The molecule has 31 heavy (non-hydrogen) atoms. The van der Waals surface area contributed by atoms with Crippen molar-refractivity contribution < 1.29 is 19.5 Å². The Labute approximate surface area is 185 Å². The maximum absolute atomic E-state index is 12.8. The molecule has 1 heterocycles. The lowest BCUT2D eigenvalue weighted by Gasteiger charge is -2.32. The number of phenols is 1. The van der Waals surface area contributed by atoms with Gasteiger partial charge in [0.2, 0.25) is 0 Å². The van der Waals surface area contributed by atoms with E-state index in [2.05, 4.69) is 17.2 Å². The maximum Gasteiger partial charge on any atom is 0.352 e. The summed E-state index contributed by atoms with van der Waals surface area (Å²) in [5.74, 6) is -0.424. The number of aromatic hydroxyl groups is 1. The average molecular weight is 447 g/mol. The summed E-state index contributed by atoms with van der Waals surface area (Å²) in [6.07, 6.45) is 6.54. The highest BCUT2D eigenvalue weighted by Crippen LogP contribution is 2.55. The first-order valence-corrected chi connectivity index (χ1v) is 12.8. The molecule has 0 saturated carbocycles. The van der Waals surface area contributed by atoms with Crippen LogP contribution in [0.1, 0.15) is 86.6 Å². The van der Waals surface area contributed by atoms with Crippen molar-refractivity contribution in [2.24, 2.45) is 0 Å². The summed E-state index contributed by atoms with van der Waals surface area (Å²) in [5.41, 5.74) is 4.73. The van der Waals surface area contributed by atoms with Gasteiger partial charge in [0.1, 0.15) is 11.6 Å². The molecule has 1 aromatic heterocycles. The predicted octanol–water partition coefficient (Wildman–Crippen LogP) is 5.38. The van der Waals surface area contributed by atoms with Crippen molar-refractivity contribution in [3.05, 3.63) is 51.7 Å². The SMILES string of the molecule is CCc1ccnc(NC(c2cc(C(C)(C)C)c(O)c3c2CCCC3)P(=O)(O)O)c1CC. The summed E-state index contributed by atoms with van der Waals surface area (Å²) in [7, 11) is -4.58. The molecule has 1 atom stereocenters. The van der Waals surface area contributed by atoms with Crippen molar-refractivity contribution in [1.29, 1.82) is 0 Å². The summed E-state index contributed by atoms with van der Waals surface area (Å²) >= 11 is 0. The molecule has 1 aliphatic rings. The summed E-state index contributed by atoms with van der Waals surface area (Å²) in [6, 6.07) is 3.75. The van der Waals surface area contributed by atoms with Gasteiger partial charge in [-0.15, -0.1) is 0 Å². The summed E-state index contributed by atoms with van der Waals surface area (Å²) in [6.45, 7) is 10.1. The van der Waals surface area contributed by atoms with Gasteiger partial charge in [0.15, 0.2) is 5.78 Å². The minimum Gasteiger partial charge on any atom is -0.507 e. The first kappa shape index (κ1) is 23.8. The van der Waals surface area contributed by atoms with E-state index < -0.39 is 13.4 Å². The minimum absolute atomic E-state index is 0.274. The molecule has 4 N–H and O–H groups in total. The van der Waals surface area contributed by atoms with Crippen molar-refractivity contribution in [2.45, 2.75) is 84.3 Å². The van der Waals surface area contributed by atoms with Gasteiger partial charge in [0, 0.05) is 6.20 Å². The van der Waals surface area contributed by atoms with Crippen LogP contribution >= 0.6 is 7.60 Å². The van der Waals surface area contributed by atoms with Gasteiger partial charge in [-0.2, -0.15) is 0 Å². The lowest BCUT2D eigenvalue weighted by molar-refractivity contribution is 0.362. The quantitative estimate of drug-likeness (QED) is 0.445. The molecule has 0 radical (unpaired) electrons. The van der Waals surface area contributed by atoms with Gasteiger partial charge in [-0.3, -0.25) is 4.57 Å². The predicted molar refractivity (Wildman–Crippen MR) is 125 cm³/mol. The number of rotatable bonds is 6. The van der Waals surface area contributed by atoms with E-state index in [0.29, 0.717) is 24.2 Å². The van der Waals surface area contributed by atoms with Crippen LogP contribution in [0.25, 0.3) is 0 Å². The molecule has 1 unspecified atom stereocenters. The van der Waals surface area contributed by atoms with Crippen molar-refractivity contribution in [3.63, 3.8) is 0 Å². The number of aromatic nitrogens is 1. The second kappa shape index (κ2) is 8.93. The Morgan fingerprint density at radius 2 is 1.77 bits per heavy atom. The van der Waals surface area contributed by atoms with Crippen molar-refractivity contribution in [2.75, 3.05) is 5.32 Å². The molecule has 170 valence electrons. The Morgan fingerprint density at radius 1 is 1.13 bits per heavy atom. The van der Waals surface area contributed by atoms with E-state index in [-0.39, 0.29) is 11.2 Å². The number of phenolic OH excluding ortho intramolecular Hbond substituents is 1. The van der Waals surface area contributed by atoms with Gasteiger partial charge in [-0.25, -0.2) is 4.98 Å². The molecule has 1 aliphatic carbocycles. The summed E-state index contributed by atoms with van der Waals surface area (Å²) in [4.78, 5) is 25.2. The molecule has 0 spiro atoms. The number of hydrogen-bond acceptors (Lipinski definition) is 4. The van der Waals surface area contributed by atoms with Crippen LogP contribution in [0, 0.1) is 0 Å². The second-order valence-corrected chi connectivity index (χ2v) is 11.1. The van der Waals surface area contributed by atoms with Gasteiger partial charge in [0.05, 0.1) is 0 Å². The van der Waals surface area contributed by atoms with Crippen LogP contribution in [0.2, 0.25) is 0 Å². The number of nitrogens with zero attached hydrogens (tertiary/aromatic N) is 1. The molecule has 3 rings (SSSR count). The largest absolute Gasteiger partial charge is 0.507 e. The maximum atomic E-state index is 12.8.